The van der Waals surface area contributed by atoms with E-state index in [4.69, 9.17) is 0 Å². The lowest BCUT2D eigenvalue weighted by atomic mass is 10.0. The molecule has 6 heteroatoms. The monoisotopic (exact) mass is 324 g/mol. The number of fused-ring (bicyclic) bond motifs is 1. The van der Waals surface area contributed by atoms with E-state index in [-0.39, 0.29) is 11.7 Å². The van der Waals surface area contributed by atoms with Gasteiger partial charge in [0.2, 0.25) is 0 Å². The van der Waals surface area contributed by atoms with Gasteiger partial charge in [-0.25, -0.2) is 4.39 Å². The molecule has 2 heterocycles. The van der Waals surface area contributed by atoms with E-state index in [9.17, 15) is 9.18 Å². The number of aryl methyl sites for hydroxylation is 1. The summed E-state index contributed by atoms with van der Waals surface area (Å²) in [5.41, 5.74) is 2.74. The summed E-state index contributed by atoms with van der Waals surface area (Å²) in [6.45, 7) is 0. The van der Waals surface area contributed by atoms with E-state index in [0.29, 0.717) is 28.1 Å². The molecule has 0 spiro atoms. The molecule has 0 aliphatic heterocycles. The lowest BCUT2D eigenvalue weighted by molar-refractivity contribution is 0.0994. The molecular formula is C18H17FN4O. The van der Waals surface area contributed by atoms with Gasteiger partial charge in [-0.1, -0.05) is 0 Å². The first-order valence-electron chi connectivity index (χ1n) is 7.90. The molecule has 1 aromatic carbocycles. The molecule has 0 N–H and O–H groups in total. The van der Waals surface area contributed by atoms with Crippen LogP contribution in [-0.2, 0) is 7.05 Å². The average molecular weight is 324 g/mol. The van der Waals surface area contributed by atoms with E-state index in [0.717, 1.165) is 18.5 Å². The quantitative estimate of drug-likeness (QED) is 0.743. The zero-order valence-electron chi connectivity index (χ0n) is 13.5. The van der Waals surface area contributed by atoms with Crippen LogP contribution in [0.3, 0.4) is 0 Å². The van der Waals surface area contributed by atoms with Crippen molar-refractivity contribution in [3.63, 3.8) is 0 Å². The Kier molecular flexibility index (Phi) is 3.33. The van der Waals surface area contributed by atoms with Gasteiger partial charge in [0.1, 0.15) is 5.82 Å². The highest BCUT2D eigenvalue weighted by Gasteiger charge is 2.28. The summed E-state index contributed by atoms with van der Waals surface area (Å²) in [6, 6.07) is 6.21. The molecule has 0 saturated heterocycles. The molecule has 4 rings (SSSR count). The Labute approximate surface area is 138 Å². The number of anilines is 1. The Morgan fingerprint density at radius 1 is 1.33 bits per heavy atom. The normalized spacial score (nSPS) is 14.1. The summed E-state index contributed by atoms with van der Waals surface area (Å²) in [7, 11) is 3.49. The third-order valence-electron chi connectivity index (χ3n) is 4.40. The highest BCUT2D eigenvalue weighted by atomic mass is 19.1. The van der Waals surface area contributed by atoms with Crippen molar-refractivity contribution in [2.45, 2.75) is 18.8 Å². The summed E-state index contributed by atoms with van der Waals surface area (Å²) >= 11 is 0. The van der Waals surface area contributed by atoms with Crippen molar-refractivity contribution < 1.29 is 9.18 Å². The number of carbonyl (C=O) groups is 1. The Hall–Kier alpha value is -2.76. The van der Waals surface area contributed by atoms with Crippen molar-refractivity contribution in [3.05, 3.63) is 53.7 Å². The Bertz CT molecular complexity index is 945. The van der Waals surface area contributed by atoms with E-state index in [1.54, 1.807) is 37.2 Å². The standard InChI is InChI=1S/C18H17FN4O/c1-22-10-13(9-20-22)23(2)18(24)15-8-17(11-3-4-11)21-16-6-5-12(19)7-14(15)16/h5-11H,3-4H2,1-2H3. The first-order valence-corrected chi connectivity index (χ1v) is 7.90. The maximum Gasteiger partial charge on any atom is 0.258 e. The van der Waals surface area contributed by atoms with Crippen molar-refractivity contribution >= 4 is 22.5 Å². The van der Waals surface area contributed by atoms with E-state index in [1.807, 2.05) is 6.07 Å². The van der Waals surface area contributed by atoms with Crippen LogP contribution < -0.4 is 4.90 Å². The molecule has 0 atom stereocenters. The second kappa shape index (κ2) is 5.40. The van der Waals surface area contributed by atoms with Crippen LogP contribution in [0.25, 0.3) is 10.9 Å². The van der Waals surface area contributed by atoms with Gasteiger partial charge in [-0.2, -0.15) is 5.10 Å². The number of hydrogen-bond acceptors (Lipinski definition) is 3. The van der Waals surface area contributed by atoms with Crippen molar-refractivity contribution in [1.82, 2.24) is 14.8 Å². The Balaban J connectivity index is 1.84. The zero-order valence-corrected chi connectivity index (χ0v) is 13.5. The highest BCUT2D eigenvalue weighted by Crippen LogP contribution is 2.40. The number of hydrogen-bond donors (Lipinski definition) is 0. The molecule has 0 radical (unpaired) electrons. The summed E-state index contributed by atoms with van der Waals surface area (Å²) in [5, 5.41) is 4.64. The van der Waals surface area contributed by atoms with Gasteiger partial charge < -0.3 is 4.90 Å². The molecule has 0 unspecified atom stereocenters. The summed E-state index contributed by atoms with van der Waals surface area (Å²) in [4.78, 5) is 19.1. The summed E-state index contributed by atoms with van der Waals surface area (Å²) in [6.07, 6.45) is 5.57. The molecule has 2 aromatic heterocycles. The van der Waals surface area contributed by atoms with Gasteiger partial charge >= 0.3 is 0 Å². The van der Waals surface area contributed by atoms with E-state index < -0.39 is 0 Å². The smallest absolute Gasteiger partial charge is 0.258 e. The first kappa shape index (κ1) is 14.8. The third-order valence-corrected chi connectivity index (χ3v) is 4.40. The van der Waals surface area contributed by atoms with Crippen molar-refractivity contribution in [2.75, 3.05) is 11.9 Å². The minimum Gasteiger partial charge on any atom is -0.308 e. The maximum atomic E-state index is 13.7. The first-order chi connectivity index (χ1) is 11.5. The predicted molar refractivity (Wildman–Crippen MR) is 89.6 cm³/mol. The van der Waals surface area contributed by atoms with Gasteiger partial charge in [0.15, 0.2) is 0 Å². The highest BCUT2D eigenvalue weighted by molar-refractivity contribution is 6.13. The fourth-order valence-electron chi connectivity index (χ4n) is 2.86. The largest absolute Gasteiger partial charge is 0.308 e. The number of nitrogens with zero attached hydrogens (tertiary/aromatic N) is 4. The third kappa shape index (κ3) is 2.54. The molecule has 1 amide bonds. The molecule has 1 aliphatic carbocycles. The summed E-state index contributed by atoms with van der Waals surface area (Å²) < 4.78 is 15.4. The number of carbonyl (C=O) groups excluding carboxylic acids is 1. The van der Waals surface area contributed by atoms with E-state index >= 15 is 0 Å². The van der Waals surface area contributed by atoms with E-state index in [1.165, 1.54) is 17.0 Å². The van der Waals surface area contributed by atoms with Crippen molar-refractivity contribution in [3.8, 4) is 0 Å². The lowest BCUT2D eigenvalue weighted by Gasteiger charge is -2.17. The lowest BCUT2D eigenvalue weighted by Crippen LogP contribution is -2.26. The molecule has 24 heavy (non-hydrogen) atoms. The molecule has 122 valence electrons. The number of aromatic nitrogens is 3. The zero-order chi connectivity index (χ0) is 16.8. The van der Waals surface area contributed by atoms with Crippen LogP contribution in [0.5, 0.6) is 0 Å². The van der Waals surface area contributed by atoms with Crippen LogP contribution in [0.1, 0.15) is 34.8 Å². The van der Waals surface area contributed by atoms with Gasteiger partial charge in [-0.3, -0.25) is 14.5 Å². The minimum atomic E-state index is -0.374. The van der Waals surface area contributed by atoms with Crippen LogP contribution in [0, 0.1) is 5.82 Å². The molecule has 0 bridgehead atoms. The second-order valence-corrected chi connectivity index (χ2v) is 6.27. The molecule has 3 aromatic rings. The molecule has 1 saturated carbocycles. The molecular weight excluding hydrogens is 307 g/mol. The Morgan fingerprint density at radius 3 is 2.79 bits per heavy atom. The fraction of sp³-hybridized carbons (Fsp3) is 0.278. The fourth-order valence-corrected chi connectivity index (χ4v) is 2.86. The van der Waals surface area contributed by atoms with Crippen LogP contribution >= 0.6 is 0 Å². The van der Waals surface area contributed by atoms with Gasteiger partial charge in [0.25, 0.3) is 5.91 Å². The molecule has 1 fully saturated rings. The van der Waals surface area contributed by atoms with Gasteiger partial charge in [0.05, 0.1) is 23.0 Å². The number of halogens is 1. The SMILES string of the molecule is CN(C(=O)c1cc(C2CC2)nc2ccc(F)cc12)c1cnn(C)c1. The Morgan fingerprint density at radius 2 is 2.12 bits per heavy atom. The van der Waals surface area contributed by atoms with Crippen LogP contribution in [0.15, 0.2) is 36.7 Å². The topological polar surface area (TPSA) is 51.0 Å². The average Bonchev–Trinajstić information content (AvgIpc) is 3.34. The van der Waals surface area contributed by atoms with Crippen LogP contribution in [-0.4, -0.2) is 27.7 Å². The number of benzene rings is 1. The minimum absolute atomic E-state index is 0.192. The predicted octanol–water partition coefficient (Wildman–Crippen LogP) is 3.26. The van der Waals surface area contributed by atoms with Crippen molar-refractivity contribution in [1.29, 1.82) is 0 Å². The maximum absolute atomic E-state index is 13.7. The van der Waals surface area contributed by atoms with E-state index in [2.05, 4.69) is 10.1 Å². The van der Waals surface area contributed by atoms with Gasteiger partial charge in [0, 0.05) is 37.3 Å². The van der Waals surface area contributed by atoms with Crippen LogP contribution in [0.4, 0.5) is 10.1 Å². The number of rotatable bonds is 3. The second-order valence-electron chi connectivity index (χ2n) is 6.27. The summed E-state index contributed by atoms with van der Waals surface area (Å²) in [5.74, 6) is -0.154. The molecule has 5 nitrogen and oxygen atoms in total. The number of amides is 1. The van der Waals surface area contributed by atoms with Crippen LogP contribution in [0.2, 0.25) is 0 Å². The van der Waals surface area contributed by atoms with Gasteiger partial charge in [-0.15, -0.1) is 0 Å². The van der Waals surface area contributed by atoms with Crippen molar-refractivity contribution in [2.24, 2.45) is 7.05 Å². The molecule has 1 aliphatic rings. The number of pyridine rings is 1. The van der Waals surface area contributed by atoms with Gasteiger partial charge in [-0.05, 0) is 37.1 Å².